The van der Waals surface area contributed by atoms with Gasteiger partial charge in [-0.3, -0.25) is 9.59 Å². The Morgan fingerprint density at radius 3 is 2.30 bits per heavy atom. The summed E-state index contributed by atoms with van der Waals surface area (Å²) in [6, 6.07) is 13.6. The molecule has 0 bridgehead atoms. The Morgan fingerprint density at radius 2 is 1.67 bits per heavy atom. The Labute approximate surface area is 156 Å². The first kappa shape index (κ1) is 18.4. The maximum Gasteiger partial charge on any atom is 0.341 e. The Balaban J connectivity index is 1.53. The molecule has 1 aliphatic carbocycles. The van der Waals surface area contributed by atoms with E-state index in [9.17, 15) is 14.4 Å². The molecule has 1 fully saturated rings. The molecule has 0 spiro atoms. The number of rotatable bonds is 8. The summed E-state index contributed by atoms with van der Waals surface area (Å²) in [5, 5.41) is 14.3. The number of carboxylic acid groups (broad SMARTS) is 1. The molecule has 3 N–H and O–H groups in total. The van der Waals surface area contributed by atoms with Crippen LogP contribution in [0, 0.1) is 0 Å². The van der Waals surface area contributed by atoms with Crippen molar-refractivity contribution in [1.82, 2.24) is 10.6 Å². The van der Waals surface area contributed by atoms with Crippen LogP contribution in [0.5, 0.6) is 5.75 Å². The van der Waals surface area contributed by atoms with E-state index in [2.05, 4.69) is 10.6 Å². The lowest BCUT2D eigenvalue weighted by atomic mass is 10.1. The first-order chi connectivity index (χ1) is 13.0. The van der Waals surface area contributed by atoms with Crippen molar-refractivity contribution in [2.45, 2.75) is 25.4 Å². The van der Waals surface area contributed by atoms with Gasteiger partial charge in [-0.15, -0.1) is 0 Å². The number of ether oxygens (including phenoxy) is 1. The van der Waals surface area contributed by atoms with Gasteiger partial charge in [-0.05, 0) is 54.8 Å². The smallest absolute Gasteiger partial charge is 0.341 e. The average Bonchev–Trinajstić information content (AvgIpc) is 3.49. The lowest BCUT2D eigenvalue weighted by Crippen LogP contribution is -2.26. The molecule has 0 aliphatic heterocycles. The molecule has 1 aliphatic rings. The van der Waals surface area contributed by atoms with Crippen molar-refractivity contribution in [3.63, 3.8) is 0 Å². The molecule has 2 aromatic carbocycles. The van der Waals surface area contributed by atoms with Crippen molar-refractivity contribution in [2.75, 3.05) is 6.61 Å². The largest absolute Gasteiger partial charge is 0.482 e. The van der Waals surface area contributed by atoms with Crippen molar-refractivity contribution < 1.29 is 24.2 Å². The average molecular weight is 368 g/mol. The molecule has 0 saturated heterocycles. The number of hydrogen-bond acceptors (Lipinski definition) is 4. The second-order valence-corrected chi connectivity index (χ2v) is 6.34. The highest BCUT2D eigenvalue weighted by atomic mass is 16.5. The van der Waals surface area contributed by atoms with Gasteiger partial charge in [0.2, 0.25) is 0 Å². The van der Waals surface area contributed by atoms with E-state index in [1.807, 2.05) is 0 Å². The van der Waals surface area contributed by atoms with Crippen LogP contribution in [0.1, 0.15) is 39.1 Å². The third-order valence-corrected chi connectivity index (χ3v) is 4.04. The zero-order valence-electron chi connectivity index (χ0n) is 14.6. The summed E-state index contributed by atoms with van der Waals surface area (Å²) in [6.07, 6.45) is 2.05. The molecule has 0 radical (unpaired) electrons. The minimum Gasteiger partial charge on any atom is -0.482 e. The number of nitrogens with one attached hydrogen (secondary N) is 2. The maximum absolute atomic E-state index is 12.3. The molecule has 0 heterocycles. The van der Waals surface area contributed by atoms with Crippen LogP contribution in [-0.4, -0.2) is 35.5 Å². The maximum atomic E-state index is 12.3. The Bertz CT molecular complexity index is 844. The molecule has 1 saturated carbocycles. The van der Waals surface area contributed by atoms with E-state index >= 15 is 0 Å². The molecular formula is C20H20N2O5. The number of carbonyl (C=O) groups is 3. The van der Waals surface area contributed by atoms with Gasteiger partial charge in [-0.2, -0.15) is 0 Å². The monoisotopic (exact) mass is 368 g/mol. The van der Waals surface area contributed by atoms with Crippen LogP contribution in [0.2, 0.25) is 0 Å². The van der Waals surface area contributed by atoms with Crippen LogP contribution in [-0.2, 0) is 11.3 Å². The normalized spacial score (nSPS) is 12.9. The van der Waals surface area contributed by atoms with Crippen LogP contribution < -0.4 is 15.4 Å². The predicted molar refractivity (Wildman–Crippen MR) is 97.7 cm³/mol. The second kappa shape index (κ2) is 8.35. The third kappa shape index (κ3) is 5.57. The van der Waals surface area contributed by atoms with Crippen LogP contribution in [0.4, 0.5) is 0 Å². The fraction of sp³-hybridized carbons (Fsp3) is 0.250. The fourth-order valence-corrected chi connectivity index (χ4v) is 2.44. The van der Waals surface area contributed by atoms with Gasteiger partial charge in [-0.25, -0.2) is 4.79 Å². The summed E-state index contributed by atoms with van der Waals surface area (Å²) in [5.41, 5.74) is 1.77. The van der Waals surface area contributed by atoms with Crippen molar-refractivity contribution in [3.05, 3.63) is 65.2 Å². The quantitative estimate of drug-likeness (QED) is 0.661. The van der Waals surface area contributed by atoms with Gasteiger partial charge in [0.1, 0.15) is 5.75 Å². The number of carboxylic acids is 1. The molecule has 7 heteroatoms. The van der Waals surface area contributed by atoms with E-state index in [0.29, 0.717) is 16.9 Å². The highest BCUT2D eigenvalue weighted by Crippen LogP contribution is 2.19. The lowest BCUT2D eigenvalue weighted by molar-refractivity contribution is -0.139. The highest BCUT2D eigenvalue weighted by Gasteiger charge is 2.23. The highest BCUT2D eigenvalue weighted by molar-refractivity contribution is 5.98. The van der Waals surface area contributed by atoms with Gasteiger partial charge >= 0.3 is 5.97 Å². The van der Waals surface area contributed by atoms with Gasteiger partial charge in [0, 0.05) is 23.7 Å². The Kier molecular flexibility index (Phi) is 5.71. The molecule has 2 aromatic rings. The number of amides is 2. The van der Waals surface area contributed by atoms with Crippen molar-refractivity contribution >= 4 is 17.8 Å². The van der Waals surface area contributed by atoms with Crippen LogP contribution in [0.15, 0.2) is 48.5 Å². The molecule has 0 aromatic heterocycles. The van der Waals surface area contributed by atoms with E-state index in [1.54, 1.807) is 48.5 Å². The van der Waals surface area contributed by atoms with Crippen molar-refractivity contribution in [3.8, 4) is 5.75 Å². The topological polar surface area (TPSA) is 105 Å². The summed E-state index contributed by atoms with van der Waals surface area (Å²) >= 11 is 0. The lowest BCUT2D eigenvalue weighted by Gasteiger charge is -2.09. The molecule has 3 rings (SSSR count). The fourth-order valence-electron chi connectivity index (χ4n) is 2.44. The molecule has 0 atom stereocenters. The third-order valence-electron chi connectivity index (χ3n) is 4.04. The van der Waals surface area contributed by atoms with Crippen molar-refractivity contribution in [2.24, 2.45) is 0 Å². The summed E-state index contributed by atoms with van der Waals surface area (Å²) in [4.78, 5) is 34.8. The number of benzene rings is 2. The molecular weight excluding hydrogens is 348 g/mol. The van der Waals surface area contributed by atoms with E-state index < -0.39 is 12.6 Å². The van der Waals surface area contributed by atoms with Crippen LogP contribution in [0.3, 0.4) is 0 Å². The minimum atomic E-state index is -1.05. The first-order valence-electron chi connectivity index (χ1n) is 8.64. The van der Waals surface area contributed by atoms with Gasteiger partial charge in [0.15, 0.2) is 6.61 Å². The molecule has 0 unspecified atom stereocenters. The van der Waals surface area contributed by atoms with E-state index in [-0.39, 0.29) is 24.4 Å². The first-order valence-corrected chi connectivity index (χ1v) is 8.64. The van der Waals surface area contributed by atoms with Crippen molar-refractivity contribution in [1.29, 1.82) is 0 Å². The zero-order chi connectivity index (χ0) is 19.2. The number of hydrogen-bond donors (Lipinski definition) is 3. The minimum absolute atomic E-state index is 0.123. The Hall–Kier alpha value is -3.35. The predicted octanol–water partition coefficient (Wildman–Crippen LogP) is 1.97. The van der Waals surface area contributed by atoms with E-state index in [0.717, 1.165) is 18.4 Å². The summed E-state index contributed by atoms with van der Waals surface area (Å²) in [7, 11) is 0. The molecule has 2 amide bonds. The standard InChI is InChI=1S/C20H20N2O5/c23-18(24)12-27-17-3-1-2-13(10-17)11-21-19(25)14-4-6-15(7-5-14)20(26)22-16-8-9-16/h1-7,10,16H,8-9,11-12H2,(H,21,25)(H,22,26)(H,23,24). The summed E-state index contributed by atoms with van der Waals surface area (Å²) in [5.74, 6) is -1.01. The second-order valence-electron chi connectivity index (χ2n) is 6.34. The molecule has 140 valence electrons. The van der Waals surface area contributed by atoms with Gasteiger partial charge in [0.05, 0.1) is 0 Å². The van der Waals surface area contributed by atoms with Gasteiger partial charge in [-0.1, -0.05) is 12.1 Å². The number of aliphatic carboxylic acids is 1. The summed E-state index contributed by atoms with van der Waals surface area (Å²) < 4.78 is 5.12. The number of carbonyl (C=O) groups excluding carboxylic acids is 2. The van der Waals surface area contributed by atoms with Gasteiger partial charge < -0.3 is 20.5 Å². The molecule has 27 heavy (non-hydrogen) atoms. The van der Waals surface area contributed by atoms with Crippen LogP contribution in [0.25, 0.3) is 0 Å². The van der Waals surface area contributed by atoms with E-state index in [4.69, 9.17) is 9.84 Å². The molecule has 7 nitrogen and oxygen atoms in total. The Morgan fingerprint density at radius 1 is 1.00 bits per heavy atom. The zero-order valence-corrected chi connectivity index (χ0v) is 14.6. The summed E-state index contributed by atoms with van der Waals surface area (Å²) in [6.45, 7) is -0.149. The van der Waals surface area contributed by atoms with Gasteiger partial charge in [0.25, 0.3) is 11.8 Å². The van der Waals surface area contributed by atoms with E-state index in [1.165, 1.54) is 0 Å². The van der Waals surface area contributed by atoms with Crippen LogP contribution >= 0.6 is 0 Å². The SMILES string of the molecule is O=C(O)COc1cccc(CNC(=O)c2ccc(C(=O)NC3CC3)cc2)c1.